The lowest BCUT2D eigenvalue weighted by Gasteiger charge is -2.09. The number of rotatable bonds is 4. The molecule has 0 spiro atoms. The van der Waals surface area contributed by atoms with E-state index in [1.807, 2.05) is 12.1 Å². The Kier molecular flexibility index (Phi) is 3.77. The molecule has 1 N–H and O–H groups in total. The normalized spacial score (nSPS) is 14.6. The van der Waals surface area contributed by atoms with Crippen LogP contribution in [0, 0.1) is 12.7 Å². The maximum Gasteiger partial charge on any atom is 0.127 e. The molecular weight excluding hydrogens is 273 g/mol. The summed E-state index contributed by atoms with van der Waals surface area (Å²) in [7, 11) is 0. The Hall–Kier alpha value is -1.38. The molecule has 1 saturated carbocycles. The third-order valence-electron chi connectivity index (χ3n) is 3.69. The summed E-state index contributed by atoms with van der Waals surface area (Å²) in [5.41, 5.74) is 3.78. The Labute approximate surface area is 123 Å². The first-order valence-corrected chi connectivity index (χ1v) is 7.29. The van der Waals surface area contributed by atoms with Crippen molar-refractivity contribution in [2.45, 2.75) is 32.4 Å². The highest BCUT2D eigenvalue weighted by Crippen LogP contribution is 2.30. The highest BCUT2D eigenvalue weighted by atomic mass is 35.5. The molecule has 104 valence electrons. The quantitative estimate of drug-likeness (QED) is 0.860. The van der Waals surface area contributed by atoms with Crippen LogP contribution in [0.4, 0.5) is 4.39 Å². The van der Waals surface area contributed by atoms with Crippen molar-refractivity contribution in [1.82, 2.24) is 5.32 Å². The highest BCUT2D eigenvalue weighted by Gasteiger charge is 2.19. The minimum absolute atomic E-state index is 0.260. The predicted octanol–water partition coefficient (Wildman–Crippen LogP) is 4.71. The van der Waals surface area contributed by atoms with Crippen LogP contribution in [0.5, 0.6) is 0 Å². The third-order valence-corrected chi connectivity index (χ3v) is 4.00. The highest BCUT2D eigenvalue weighted by molar-refractivity contribution is 6.33. The van der Waals surface area contributed by atoms with Crippen molar-refractivity contribution >= 4 is 11.6 Å². The molecule has 0 bridgehead atoms. The molecule has 0 radical (unpaired) electrons. The van der Waals surface area contributed by atoms with Crippen LogP contribution in [0.15, 0.2) is 36.4 Å². The number of halogens is 2. The van der Waals surface area contributed by atoms with Crippen molar-refractivity contribution in [3.63, 3.8) is 0 Å². The summed E-state index contributed by atoms with van der Waals surface area (Å²) in [5, 5.41) is 3.94. The van der Waals surface area contributed by atoms with Crippen LogP contribution in [0.3, 0.4) is 0 Å². The first kappa shape index (κ1) is 13.6. The Bertz CT molecular complexity index is 618. The average Bonchev–Trinajstić information content (AvgIpc) is 3.25. The number of aryl methyl sites for hydroxylation is 1. The van der Waals surface area contributed by atoms with Gasteiger partial charge in [-0.1, -0.05) is 35.9 Å². The summed E-state index contributed by atoms with van der Waals surface area (Å²) >= 11 is 6.13. The molecule has 3 rings (SSSR count). The molecule has 2 aromatic rings. The van der Waals surface area contributed by atoms with Gasteiger partial charge in [0.05, 0.1) is 5.02 Å². The molecule has 0 unspecified atom stereocenters. The van der Waals surface area contributed by atoms with Crippen LogP contribution in [-0.2, 0) is 6.54 Å². The fourth-order valence-corrected chi connectivity index (χ4v) is 2.49. The molecule has 0 atom stereocenters. The lowest BCUT2D eigenvalue weighted by atomic mass is 10.0. The monoisotopic (exact) mass is 289 g/mol. The second kappa shape index (κ2) is 5.55. The van der Waals surface area contributed by atoms with Gasteiger partial charge in [-0.25, -0.2) is 4.39 Å². The molecule has 0 aromatic heterocycles. The molecule has 1 fully saturated rings. The van der Waals surface area contributed by atoms with E-state index in [1.165, 1.54) is 24.5 Å². The Balaban J connectivity index is 1.81. The van der Waals surface area contributed by atoms with Crippen LogP contribution in [0.1, 0.15) is 24.0 Å². The SMILES string of the molecule is Cc1cc(-c2ccc(CNC3CC3)cc2)c(Cl)cc1F. The van der Waals surface area contributed by atoms with Gasteiger partial charge < -0.3 is 5.32 Å². The summed E-state index contributed by atoms with van der Waals surface area (Å²) in [4.78, 5) is 0. The van der Waals surface area contributed by atoms with Crippen LogP contribution < -0.4 is 5.32 Å². The van der Waals surface area contributed by atoms with Gasteiger partial charge in [-0.2, -0.15) is 0 Å². The van der Waals surface area contributed by atoms with Crippen LogP contribution in [0.25, 0.3) is 11.1 Å². The Morgan fingerprint density at radius 1 is 1.20 bits per heavy atom. The van der Waals surface area contributed by atoms with Gasteiger partial charge in [0.1, 0.15) is 5.82 Å². The van der Waals surface area contributed by atoms with Crippen molar-refractivity contribution in [3.05, 3.63) is 58.4 Å². The van der Waals surface area contributed by atoms with Gasteiger partial charge in [-0.15, -0.1) is 0 Å². The van der Waals surface area contributed by atoms with Crippen molar-refractivity contribution in [3.8, 4) is 11.1 Å². The summed E-state index contributed by atoms with van der Waals surface area (Å²) in [6.07, 6.45) is 2.59. The smallest absolute Gasteiger partial charge is 0.127 e. The molecule has 1 aliphatic rings. The molecule has 1 nitrogen and oxygen atoms in total. The predicted molar refractivity (Wildman–Crippen MR) is 81.4 cm³/mol. The molecule has 0 heterocycles. The standard InChI is InChI=1S/C17H17ClFN/c1-11-8-15(16(18)9-17(11)19)13-4-2-12(3-5-13)10-20-14-6-7-14/h2-5,8-9,14,20H,6-7,10H2,1H3. The molecule has 2 aromatic carbocycles. The van der Waals surface area contributed by atoms with Gasteiger partial charge in [-0.05, 0) is 48.6 Å². The van der Waals surface area contributed by atoms with E-state index in [2.05, 4.69) is 17.4 Å². The third kappa shape index (κ3) is 3.02. The van der Waals surface area contributed by atoms with Gasteiger partial charge in [0.15, 0.2) is 0 Å². The largest absolute Gasteiger partial charge is 0.310 e. The van der Waals surface area contributed by atoms with Crippen LogP contribution in [-0.4, -0.2) is 6.04 Å². The second-order valence-electron chi connectivity index (χ2n) is 5.43. The van der Waals surface area contributed by atoms with E-state index in [0.717, 1.165) is 17.7 Å². The molecule has 20 heavy (non-hydrogen) atoms. The van der Waals surface area contributed by atoms with Gasteiger partial charge in [0.25, 0.3) is 0 Å². The summed E-state index contributed by atoms with van der Waals surface area (Å²) < 4.78 is 13.4. The second-order valence-corrected chi connectivity index (χ2v) is 5.84. The van der Waals surface area contributed by atoms with E-state index in [4.69, 9.17) is 11.6 Å². The zero-order valence-electron chi connectivity index (χ0n) is 11.4. The maximum atomic E-state index is 13.4. The number of hydrogen-bond acceptors (Lipinski definition) is 1. The van der Waals surface area contributed by atoms with Crippen molar-refractivity contribution in [1.29, 1.82) is 0 Å². The van der Waals surface area contributed by atoms with Crippen LogP contribution in [0.2, 0.25) is 5.02 Å². The first-order valence-electron chi connectivity index (χ1n) is 6.92. The van der Waals surface area contributed by atoms with Crippen molar-refractivity contribution in [2.24, 2.45) is 0 Å². The summed E-state index contributed by atoms with van der Waals surface area (Å²) in [6.45, 7) is 2.66. The summed E-state index contributed by atoms with van der Waals surface area (Å²) in [5.74, 6) is -0.260. The maximum absolute atomic E-state index is 13.4. The fraction of sp³-hybridized carbons (Fsp3) is 0.294. The van der Waals surface area contributed by atoms with Crippen LogP contribution >= 0.6 is 11.6 Å². The van der Waals surface area contributed by atoms with E-state index >= 15 is 0 Å². The van der Waals surface area contributed by atoms with E-state index in [0.29, 0.717) is 16.6 Å². The number of hydrogen-bond donors (Lipinski definition) is 1. The number of benzene rings is 2. The lowest BCUT2D eigenvalue weighted by molar-refractivity contribution is 0.619. The average molecular weight is 290 g/mol. The van der Waals surface area contributed by atoms with Gasteiger partial charge >= 0.3 is 0 Å². The molecule has 3 heteroatoms. The Morgan fingerprint density at radius 2 is 1.90 bits per heavy atom. The molecular formula is C17H17ClFN. The van der Waals surface area contributed by atoms with E-state index in [9.17, 15) is 4.39 Å². The number of nitrogens with one attached hydrogen (secondary N) is 1. The molecule has 1 aliphatic carbocycles. The van der Waals surface area contributed by atoms with E-state index < -0.39 is 0 Å². The van der Waals surface area contributed by atoms with Gasteiger partial charge in [0.2, 0.25) is 0 Å². The minimum atomic E-state index is -0.260. The van der Waals surface area contributed by atoms with E-state index in [-0.39, 0.29) is 5.82 Å². The fourth-order valence-electron chi connectivity index (χ4n) is 2.23. The minimum Gasteiger partial charge on any atom is -0.310 e. The van der Waals surface area contributed by atoms with Gasteiger partial charge in [0, 0.05) is 18.2 Å². The van der Waals surface area contributed by atoms with E-state index in [1.54, 1.807) is 13.0 Å². The summed E-state index contributed by atoms with van der Waals surface area (Å²) in [6, 6.07) is 12.2. The van der Waals surface area contributed by atoms with Crippen molar-refractivity contribution in [2.75, 3.05) is 0 Å². The molecule has 0 aliphatic heterocycles. The first-order chi connectivity index (χ1) is 9.63. The topological polar surface area (TPSA) is 12.0 Å². The zero-order valence-corrected chi connectivity index (χ0v) is 12.2. The molecule has 0 amide bonds. The Morgan fingerprint density at radius 3 is 2.55 bits per heavy atom. The van der Waals surface area contributed by atoms with Gasteiger partial charge in [-0.3, -0.25) is 0 Å². The van der Waals surface area contributed by atoms with Crippen molar-refractivity contribution < 1.29 is 4.39 Å². The molecule has 0 saturated heterocycles. The zero-order chi connectivity index (χ0) is 14.1. The lowest BCUT2D eigenvalue weighted by Crippen LogP contribution is -2.14.